The van der Waals surface area contributed by atoms with Gasteiger partial charge in [0.15, 0.2) is 0 Å². The van der Waals surface area contributed by atoms with Crippen LogP contribution in [-0.4, -0.2) is 0 Å². The lowest BCUT2D eigenvalue weighted by molar-refractivity contribution is 0.673. The Bertz CT molecular complexity index is 3930. The minimum atomic E-state index is 0.853. The summed E-state index contributed by atoms with van der Waals surface area (Å²) in [7, 11) is 0. The summed E-state index contributed by atoms with van der Waals surface area (Å²) < 4.78 is 7.08. The summed E-state index contributed by atoms with van der Waals surface area (Å²) in [5, 5.41) is 16.7. The second kappa shape index (κ2) is 14.1. The number of nitrogens with zero attached hydrogens (tertiary/aromatic N) is 2. The summed E-state index contributed by atoms with van der Waals surface area (Å²) in [6.07, 6.45) is 0. The van der Waals surface area contributed by atoms with Gasteiger partial charge < -0.3 is 14.2 Å². The van der Waals surface area contributed by atoms with E-state index in [-0.39, 0.29) is 0 Å². The SMILES string of the molecule is c1ccc(N(c2ccc3c(c2)oc2c4ccc(N(c5ccccc5)c5ccc6ccc7ccccc7c6c5)cc4c4ccccc4c32)c2ccc3ccc4ccccc4c3c2)cc1. The van der Waals surface area contributed by atoms with E-state index in [9.17, 15) is 0 Å². The van der Waals surface area contributed by atoms with Crippen LogP contribution in [0.2, 0.25) is 0 Å². The van der Waals surface area contributed by atoms with Crippen molar-refractivity contribution in [2.24, 2.45) is 0 Å². The van der Waals surface area contributed by atoms with E-state index in [4.69, 9.17) is 4.42 Å². The third kappa shape index (κ3) is 5.67. The molecule has 0 aliphatic carbocycles. The molecule has 3 nitrogen and oxygen atoms in total. The van der Waals surface area contributed by atoms with Crippen LogP contribution in [0.5, 0.6) is 0 Å². The largest absolute Gasteiger partial charge is 0.455 e. The number of para-hydroxylation sites is 2. The van der Waals surface area contributed by atoms with Crippen LogP contribution in [0.25, 0.3) is 86.6 Å². The Hall–Kier alpha value is -8.40. The first kappa shape index (κ1) is 35.4. The molecule has 0 atom stereocenters. The third-order valence-electron chi connectivity index (χ3n) is 12.9. The van der Waals surface area contributed by atoms with Gasteiger partial charge in [0.05, 0.1) is 0 Å². The number of benzene rings is 12. The summed E-state index contributed by atoms with van der Waals surface area (Å²) in [6.45, 7) is 0. The Balaban J connectivity index is 1.000. The van der Waals surface area contributed by atoms with Gasteiger partial charge in [0.25, 0.3) is 0 Å². The van der Waals surface area contributed by atoms with Gasteiger partial charge in [-0.1, -0.05) is 146 Å². The monoisotopic (exact) mass is 802 g/mol. The number of hydrogen-bond acceptors (Lipinski definition) is 3. The zero-order chi connectivity index (χ0) is 41.4. The molecule has 0 saturated carbocycles. The van der Waals surface area contributed by atoms with Crippen molar-refractivity contribution >= 4 is 121 Å². The van der Waals surface area contributed by atoms with E-state index in [1.807, 2.05) is 0 Å². The van der Waals surface area contributed by atoms with Gasteiger partial charge >= 0.3 is 0 Å². The Kier molecular flexibility index (Phi) is 7.91. The summed E-state index contributed by atoms with van der Waals surface area (Å²) in [5.41, 5.74) is 8.24. The van der Waals surface area contributed by atoms with Crippen molar-refractivity contribution in [3.05, 3.63) is 231 Å². The molecule has 1 heterocycles. The van der Waals surface area contributed by atoms with Gasteiger partial charge in [-0.3, -0.25) is 0 Å². The molecule has 0 saturated heterocycles. The smallest absolute Gasteiger partial charge is 0.143 e. The van der Waals surface area contributed by atoms with Crippen molar-refractivity contribution in [3.8, 4) is 0 Å². The average molecular weight is 803 g/mol. The number of fused-ring (bicyclic) bond motifs is 14. The van der Waals surface area contributed by atoms with Crippen molar-refractivity contribution in [1.82, 2.24) is 0 Å². The van der Waals surface area contributed by atoms with Crippen molar-refractivity contribution in [2.45, 2.75) is 0 Å². The van der Waals surface area contributed by atoms with Gasteiger partial charge in [0.1, 0.15) is 11.2 Å². The van der Waals surface area contributed by atoms with E-state index in [0.717, 1.165) is 66.8 Å². The van der Waals surface area contributed by atoms with Crippen molar-refractivity contribution in [3.63, 3.8) is 0 Å². The number of anilines is 6. The van der Waals surface area contributed by atoms with Crippen molar-refractivity contribution in [1.29, 1.82) is 0 Å². The highest BCUT2D eigenvalue weighted by Gasteiger charge is 2.21. The van der Waals surface area contributed by atoms with Crippen molar-refractivity contribution < 1.29 is 4.42 Å². The third-order valence-corrected chi connectivity index (χ3v) is 12.9. The summed E-state index contributed by atoms with van der Waals surface area (Å²) in [6, 6.07) is 83.4. The van der Waals surface area contributed by atoms with Crippen LogP contribution >= 0.6 is 0 Å². The fraction of sp³-hybridized carbons (Fsp3) is 0. The number of rotatable bonds is 6. The van der Waals surface area contributed by atoms with Gasteiger partial charge in [-0.15, -0.1) is 0 Å². The van der Waals surface area contributed by atoms with E-state index in [1.165, 1.54) is 53.9 Å². The van der Waals surface area contributed by atoms with Crippen LogP contribution in [0.1, 0.15) is 0 Å². The summed E-state index contributed by atoms with van der Waals surface area (Å²) >= 11 is 0. The molecule has 0 unspecified atom stereocenters. The van der Waals surface area contributed by atoms with E-state index in [2.05, 4.69) is 240 Å². The molecule has 294 valence electrons. The fourth-order valence-electron chi connectivity index (χ4n) is 10.0. The fourth-order valence-corrected chi connectivity index (χ4v) is 10.0. The molecular weight excluding hydrogens is 765 g/mol. The highest BCUT2D eigenvalue weighted by molar-refractivity contribution is 6.30. The highest BCUT2D eigenvalue weighted by atomic mass is 16.3. The molecule has 63 heavy (non-hydrogen) atoms. The van der Waals surface area contributed by atoms with E-state index >= 15 is 0 Å². The first-order chi connectivity index (χ1) is 31.2. The molecule has 0 N–H and O–H groups in total. The Labute approximate surface area is 363 Å². The van der Waals surface area contributed by atoms with Crippen LogP contribution in [-0.2, 0) is 0 Å². The van der Waals surface area contributed by atoms with Crippen molar-refractivity contribution in [2.75, 3.05) is 9.80 Å². The number of hydrogen-bond donors (Lipinski definition) is 0. The van der Waals surface area contributed by atoms with Crippen LogP contribution in [0, 0.1) is 0 Å². The lowest BCUT2D eigenvalue weighted by Crippen LogP contribution is -2.09. The topological polar surface area (TPSA) is 19.6 Å². The molecule has 0 bridgehead atoms. The second-order valence-electron chi connectivity index (χ2n) is 16.5. The lowest BCUT2D eigenvalue weighted by Gasteiger charge is -2.26. The normalized spacial score (nSPS) is 11.8. The number of furan rings is 1. The molecule has 0 fully saturated rings. The molecule has 0 aliphatic heterocycles. The van der Waals surface area contributed by atoms with E-state index in [0.29, 0.717) is 0 Å². The standard InChI is InChI=1S/C60H38N2O/c1-3-15-43(16-4-1)61(45-29-27-41-25-23-39-13-7-9-19-49(39)55(41)35-45)47-31-33-53-57(37-47)51-21-11-12-22-52(51)59-54-34-32-48(38-58(54)63-60(53)59)62(44-17-5-2-6-18-44)46-30-28-42-26-24-40-14-8-10-20-50(40)56(42)36-46/h1-38H. The molecule has 13 aromatic rings. The highest BCUT2D eigenvalue weighted by Crippen LogP contribution is 2.46. The van der Waals surface area contributed by atoms with Crippen LogP contribution in [0.4, 0.5) is 34.1 Å². The molecule has 1 aromatic heterocycles. The van der Waals surface area contributed by atoms with E-state index < -0.39 is 0 Å². The molecule has 0 aliphatic rings. The maximum Gasteiger partial charge on any atom is 0.143 e. The van der Waals surface area contributed by atoms with Gasteiger partial charge in [-0.05, 0) is 138 Å². The minimum Gasteiger partial charge on any atom is -0.455 e. The zero-order valence-electron chi connectivity index (χ0n) is 34.2. The Morgan fingerprint density at radius 1 is 0.238 bits per heavy atom. The van der Waals surface area contributed by atoms with Gasteiger partial charge in [0, 0.05) is 56.3 Å². The minimum absolute atomic E-state index is 0.853. The lowest BCUT2D eigenvalue weighted by atomic mass is 9.96. The Morgan fingerprint density at radius 3 is 1.19 bits per heavy atom. The molecule has 12 aromatic carbocycles. The quantitative estimate of drug-likeness (QED) is 0.156. The maximum absolute atomic E-state index is 7.08. The predicted molar refractivity (Wildman–Crippen MR) is 268 cm³/mol. The van der Waals surface area contributed by atoms with Gasteiger partial charge in [-0.25, -0.2) is 0 Å². The first-order valence-corrected chi connectivity index (χ1v) is 21.6. The predicted octanol–water partition coefficient (Wildman–Crippen LogP) is 17.4. The van der Waals surface area contributed by atoms with Gasteiger partial charge in [0.2, 0.25) is 0 Å². The zero-order valence-corrected chi connectivity index (χ0v) is 34.2. The molecule has 0 radical (unpaired) electrons. The second-order valence-corrected chi connectivity index (χ2v) is 16.5. The summed E-state index contributed by atoms with van der Waals surface area (Å²) in [5.74, 6) is 0. The van der Waals surface area contributed by atoms with Crippen LogP contribution < -0.4 is 9.80 Å². The molecule has 3 heteroatoms. The Morgan fingerprint density at radius 2 is 0.635 bits per heavy atom. The van der Waals surface area contributed by atoms with Gasteiger partial charge in [-0.2, -0.15) is 0 Å². The van der Waals surface area contributed by atoms with Crippen LogP contribution in [0.15, 0.2) is 235 Å². The van der Waals surface area contributed by atoms with E-state index in [1.54, 1.807) is 0 Å². The maximum atomic E-state index is 7.08. The first-order valence-electron chi connectivity index (χ1n) is 21.6. The molecule has 0 amide bonds. The average Bonchev–Trinajstić information content (AvgIpc) is 3.74. The molecule has 0 spiro atoms. The van der Waals surface area contributed by atoms with Crippen LogP contribution in [0.3, 0.4) is 0 Å². The molecular formula is C60H38N2O. The summed E-state index contributed by atoms with van der Waals surface area (Å²) in [4.78, 5) is 4.71. The molecule has 13 rings (SSSR count).